The summed E-state index contributed by atoms with van der Waals surface area (Å²) in [6.45, 7) is 7.85. The molecule has 2 amide bonds. The summed E-state index contributed by atoms with van der Waals surface area (Å²) in [6, 6.07) is 16.9. The van der Waals surface area contributed by atoms with Gasteiger partial charge in [-0.2, -0.15) is 0 Å². The van der Waals surface area contributed by atoms with Gasteiger partial charge in [-0.3, -0.25) is 14.4 Å². The molecule has 0 spiro atoms. The van der Waals surface area contributed by atoms with Gasteiger partial charge in [0, 0.05) is 43.0 Å². The number of aromatic nitrogens is 1. The highest BCUT2D eigenvalue weighted by Gasteiger charge is 2.27. The SMILES string of the molecule is C=CCCCCC(=O)OC[C@H](Cc1c[nH]c2ccccc12)NC(=O)[C@H](CC=C)CC(=O)N(CCO)Cc1ccccc1. The topological polar surface area (TPSA) is 112 Å². The number of fused-ring (bicyclic) bond motifs is 1. The molecule has 3 rings (SSSR count). The first kappa shape index (κ1) is 32.3. The number of ether oxygens (including phenoxy) is 1. The Morgan fingerprint density at radius 2 is 1.79 bits per heavy atom. The van der Waals surface area contributed by atoms with Crippen molar-refractivity contribution >= 4 is 28.7 Å². The summed E-state index contributed by atoms with van der Waals surface area (Å²) in [5.41, 5.74) is 2.91. The number of carbonyl (C=O) groups excluding carboxylic acids is 3. The van der Waals surface area contributed by atoms with Crippen LogP contribution in [0.2, 0.25) is 0 Å². The van der Waals surface area contributed by atoms with Crippen molar-refractivity contribution in [2.75, 3.05) is 19.8 Å². The molecule has 0 aliphatic rings. The third kappa shape index (κ3) is 10.3. The molecular weight excluding hydrogens is 530 g/mol. The van der Waals surface area contributed by atoms with E-state index in [0.29, 0.717) is 32.2 Å². The average molecular weight is 574 g/mol. The number of nitrogens with zero attached hydrogens (tertiary/aromatic N) is 1. The first-order valence-corrected chi connectivity index (χ1v) is 14.6. The van der Waals surface area contributed by atoms with E-state index in [4.69, 9.17) is 4.74 Å². The van der Waals surface area contributed by atoms with Crippen molar-refractivity contribution in [3.05, 3.63) is 97.2 Å². The van der Waals surface area contributed by atoms with Crippen molar-refractivity contribution < 1.29 is 24.2 Å². The minimum Gasteiger partial charge on any atom is -0.463 e. The summed E-state index contributed by atoms with van der Waals surface area (Å²) < 4.78 is 5.59. The monoisotopic (exact) mass is 573 g/mol. The highest BCUT2D eigenvalue weighted by molar-refractivity contribution is 5.86. The molecule has 0 aliphatic carbocycles. The quantitative estimate of drug-likeness (QED) is 0.105. The minimum absolute atomic E-state index is 0.0188. The number of hydrogen-bond donors (Lipinski definition) is 3. The maximum atomic E-state index is 13.6. The zero-order valence-corrected chi connectivity index (χ0v) is 24.3. The third-order valence-corrected chi connectivity index (χ3v) is 7.15. The van der Waals surface area contributed by atoms with Gasteiger partial charge in [-0.25, -0.2) is 0 Å². The molecule has 3 N–H and O–H groups in total. The molecule has 1 aromatic heterocycles. The number of allylic oxidation sites excluding steroid dienone is 2. The molecule has 8 heteroatoms. The molecule has 2 aromatic carbocycles. The molecule has 2 atom stereocenters. The van der Waals surface area contributed by atoms with E-state index >= 15 is 0 Å². The van der Waals surface area contributed by atoms with E-state index in [1.807, 2.05) is 66.9 Å². The smallest absolute Gasteiger partial charge is 0.305 e. The van der Waals surface area contributed by atoms with Crippen LogP contribution < -0.4 is 5.32 Å². The largest absolute Gasteiger partial charge is 0.463 e. The van der Waals surface area contributed by atoms with Gasteiger partial charge in [-0.05, 0) is 49.3 Å². The summed E-state index contributed by atoms with van der Waals surface area (Å²) in [6.07, 6.45) is 8.79. The van der Waals surface area contributed by atoms with Crippen molar-refractivity contribution in [3.63, 3.8) is 0 Å². The number of carbonyl (C=O) groups is 3. The normalized spacial score (nSPS) is 12.3. The maximum absolute atomic E-state index is 13.6. The number of nitrogens with one attached hydrogen (secondary N) is 2. The Morgan fingerprint density at radius 3 is 2.52 bits per heavy atom. The summed E-state index contributed by atoms with van der Waals surface area (Å²) in [5.74, 6) is -1.50. The van der Waals surface area contributed by atoms with Crippen molar-refractivity contribution in [2.24, 2.45) is 5.92 Å². The van der Waals surface area contributed by atoms with Crippen molar-refractivity contribution in [1.82, 2.24) is 15.2 Å². The summed E-state index contributed by atoms with van der Waals surface area (Å²) in [4.78, 5) is 44.1. The van der Waals surface area contributed by atoms with E-state index in [-0.39, 0.29) is 44.0 Å². The van der Waals surface area contributed by atoms with Gasteiger partial charge < -0.3 is 25.0 Å². The highest BCUT2D eigenvalue weighted by atomic mass is 16.5. The second-order valence-corrected chi connectivity index (χ2v) is 10.4. The zero-order valence-electron chi connectivity index (χ0n) is 24.3. The number of aromatic amines is 1. The Kier molecular flexibility index (Phi) is 13.6. The maximum Gasteiger partial charge on any atom is 0.305 e. The van der Waals surface area contributed by atoms with Gasteiger partial charge in [0.25, 0.3) is 0 Å². The molecular formula is C34H43N3O5. The van der Waals surface area contributed by atoms with Gasteiger partial charge in [0.1, 0.15) is 6.61 Å². The molecule has 0 saturated carbocycles. The van der Waals surface area contributed by atoms with Crippen LogP contribution in [0.5, 0.6) is 0 Å². The van der Waals surface area contributed by atoms with Crippen LogP contribution in [-0.2, 0) is 32.1 Å². The van der Waals surface area contributed by atoms with Gasteiger partial charge in [-0.15, -0.1) is 13.2 Å². The number of benzene rings is 2. The predicted molar refractivity (Wildman–Crippen MR) is 165 cm³/mol. The Labute approximate surface area is 248 Å². The molecule has 0 saturated heterocycles. The first-order valence-electron chi connectivity index (χ1n) is 14.6. The van der Waals surface area contributed by atoms with E-state index < -0.39 is 12.0 Å². The fourth-order valence-electron chi connectivity index (χ4n) is 4.90. The average Bonchev–Trinajstić information content (AvgIpc) is 3.40. The fraction of sp³-hybridized carbons (Fsp3) is 0.382. The summed E-state index contributed by atoms with van der Waals surface area (Å²) >= 11 is 0. The van der Waals surface area contributed by atoms with Crippen LogP contribution in [-0.4, -0.2) is 58.6 Å². The standard InChI is InChI=1S/C34H43N3O5/c1-3-5-6-10-18-33(40)42-25-29(21-28-23-35-31-17-12-11-16-30(28)31)36-34(41)27(13-4-2)22-32(39)37(19-20-38)24-26-14-8-7-9-15-26/h3-4,7-9,11-12,14-17,23,27,29,35,38H,1-2,5-6,10,13,18-22,24-25H2,(H,36,41)/t27-,29+/m1/s1. The van der Waals surface area contributed by atoms with Crippen LogP contribution in [0.25, 0.3) is 10.9 Å². The second-order valence-electron chi connectivity index (χ2n) is 10.4. The molecule has 0 aliphatic heterocycles. The second kappa shape index (κ2) is 17.6. The molecule has 0 unspecified atom stereocenters. The lowest BCUT2D eigenvalue weighted by Crippen LogP contribution is -2.44. The van der Waals surface area contributed by atoms with Crippen LogP contribution in [0.4, 0.5) is 0 Å². The first-order chi connectivity index (χ1) is 20.4. The van der Waals surface area contributed by atoms with Crippen molar-refractivity contribution in [3.8, 4) is 0 Å². The van der Waals surface area contributed by atoms with Crippen LogP contribution in [0.15, 0.2) is 86.1 Å². The summed E-state index contributed by atoms with van der Waals surface area (Å²) in [7, 11) is 0. The number of aliphatic hydroxyl groups excluding tert-OH is 1. The number of aliphatic hydroxyl groups is 1. The minimum atomic E-state index is -0.660. The lowest BCUT2D eigenvalue weighted by Gasteiger charge is -2.26. The fourth-order valence-corrected chi connectivity index (χ4v) is 4.90. The molecule has 3 aromatic rings. The molecule has 0 fully saturated rings. The van der Waals surface area contributed by atoms with E-state index in [9.17, 15) is 19.5 Å². The number of para-hydroxylation sites is 1. The van der Waals surface area contributed by atoms with Crippen LogP contribution in [0, 0.1) is 5.92 Å². The van der Waals surface area contributed by atoms with E-state index in [1.54, 1.807) is 11.0 Å². The molecule has 1 heterocycles. The molecule has 224 valence electrons. The highest BCUT2D eigenvalue weighted by Crippen LogP contribution is 2.20. The number of hydrogen-bond acceptors (Lipinski definition) is 5. The van der Waals surface area contributed by atoms with Gasteiger partial charge in [0.05, 0.1) is 18.6 Å². The lowest BCUT2D eigenvalue weighted by molar-refractivity contribution is -0.145. The lowest BCUT2D eigenvalue weighted by atomic mass is 9.97. The summed E-state index contributed by atoms with van der Waals surface area (Å²) in [5, 5.41) is 13.7. The number of unbranched alkanes of at least 4 members (excludes halogenated alkanes) is 2. The number of esters is 1. The van der Waals surface area contributed by atoms with Gasteiger partial charge in [0.2, 0.25) is 11.8 Å². The van der Waals surface area contributed by atoms with E-state index in [1.165, 1.54) is 0 Å². The van der Waals surface area contributed by atoms with Gasteiger partial charge in [0.15, 0.2) is 0 Å². The van der Waals surface area contributed by atoms with Crippen LogP contribution in [0.3, 0.4) is 0 Å². The van der Waals surface area contributed by atoms with Crippen LogP contribution in [0.1, 0.15) is 49.7 Å². The Hall–Kier alpha value is -4.17. The zero-order chi connectivity index (χ0) is 30.2. The van der Waals surface area contributed by atoms with Crippen LogP contribution >= 0.6 is 0 Å². The number of H-pyrrole nitrogens is 1. The number of rotatable bonds is 19. The van der Waals surface area contributed by atoms with Gasteiger partial charge >= 0.3 is 5.97 Å². The van der Waals surface area contributed by atoms with Crippen molar-refractivity contribution in [2.45, 2.75) is 57.5 Å². The molecule has 8 nitrogen and oxygen atoms in total. The predicted octanol–water partition coefficient (Wildman–Crippen LogP) is 5.09. The Bertz CT molecular complexity index is 1300. The van der Waals surface area contributed by atoms with Crippen molar-refractivity contribution in [1.29, 1.82) is 0 Å². The van der Waals surface area contributed by atoms with Gasteiger partial charge in [-0.1, -0.05) is 60.7 Å². The van der Waals surface area contributed by atoms with E-state index in [2.05, 4.69) is 23.5 Å². The third-order valence-electron chi connectivity index (χ3n) is 7.15. The Balaban J connectivity index is 1.70. The molecule has 42 heavy (non-hydrogen) atoms. The molecule has 0 bridgehead atoms. The Morgan fingerprint density at radius 1 is 1.02 bits per heavy atom. The molecule has 0 radical (unpaired) electrons. The van der Waals surface area contributed by atoms with E-state index in [0.717, 1.165) is 34.9 Å². The number of amides is 2.